The van der Waals surface area contributed by atoms with Crippen molar-refractivity contribution in [3.63, 3.8) is 0 Å². The zero-order valence-corrected chi connectivity index (χ0v) is 14.8. The van der Waals surface area contributed by atoms with Gasteiger partial charge in [0.15, 0.2) is 11.4 Å². The number of fused-ring (bicyclic) bond motifs is 1. The maximum Gasteiger partial charge on any atom is 0.323 e. The fourth-order valence-electron chi connectivity index (χ4n) is 2.93. The van der Waals surface area contributed by atoms with Crippen LogP contribution in [0.2, 0.25) is 0 Å². The Hall–Kier alpha value is -3.73. The number of rotatable bonds is 5. The van der Waals surface area contributed by atoms with E-state index < -0.39 is 58.8 Å². The summed E-state index contributed by atoms with van der Waals surface area (Å²) in [6, 6.07) is 5.30. The molecule has 2 amide bonds. The third-order valence-electron chi connectivity index (χ3n) is 4.36. The third kappa shape index (κ3) is 3.94. The quantitative estimate of drug-likeness (QED) is 0.523. The Labute approximate surface area is 162 Å². The van der Waals surface area contributed by atoms with E-state index in [1.165, 1.54) is 24.3 Å². The number of carboxylic acid groups (broad SMARTS) is 1. The number of carboxylic acids is 1. The second-order valence-corrected chi connectivity index (χ2v) is 6.34. The van der Waals surface area contributed by atoms with Crippen molar-refractivity contribution in [1.82, 2.24) is 14.8 Å². The van der Waals surface area contributed by atoms with Gasteiger partial charge in [-0.1, -0.05) is 12.1 Å². The first-order chi connectivity index (χ1) is 13.7. The van der Waals surface area contributed by atoms with E-state index in [-0.39, 0.29) is 13.1 Å². The summed E-state index contributed by atoms with van der Waals surface area (Å²) >= 11 is 0. The number of carbonyl (C=O) groups excluding carboxylic acids is 2. The number of aliphatic hydroxyl groups excluding tert-OH is 1. The Balaban J connectivity index is 1.88. The van der Waals surface area contributed by atoms with E-state index in [1.807, 2.05) is 0 Å². The van der Waals surface area contributed by atoms with Crippen LogP contribution < -0.4 is 10.7 Å². The van der Waals surface area contributed by atoms with Crippen molar-refractivity contribution in [1.29, 1.82) is 0 Å². The molecule has 2 aromatic rings. The SMILES string of the molecule is O=C(O)CN1C(=O)c2c(O)c(=O)c(C(=O)NCc3ccc(F)cc3)cn2CC1O. The molecular formula is C18H16FN3O7. The van der Waals surface area contributed by atoms with Crippen molar-refractivity contribution in [3.05, 3.63) is 63.3 Å². The van der Waals surface area contributed by atoms with Crippen LogP contribution in [0.1, 0.15) is 26.4 Å². The highest BCUT2D eigenvalue weighted by Crippen LogP contribution is 2.22. The van der Waals surface area contributed by atoms with Gasteiger partial charge in [-0.25, -0.2) is 4.39 Å². The molecule has 1 aromatic carbocycles. The molecule has 29 heavy (non-hydrogen) atoms. The summed E-state index contributed by atoms with van der Waals surface area (Å²) in [6.07, 6.45) is -0.514. The normalized spacial score (nSPS) is 15.7. The number of benzene rings is 1. The average molecular weight is 405 g/mol. The summed E-state index contributed by atoms with van der Waals surface area (Å²) in [5.41, 5.74) is -1.54. The second kappa shape index (κ2) is 7.72. The van der Waals surface area contributed by atoms with E-state index in [0.717, 1.165) is 10.8 Å². The molecule has 4 N–H and O–H groups in total. The molecule has 1 aromatic heterocycles. The van der Waals surface area contributed by atoms with E-state index in [4.69, 9.17) is 5.11 Å². The molecule has 3 rings (SSSR count). The minimum atomic E-state index is -1.52. The van der Waals surface area contributed by atoms with Gasteiger partial charge >= 0.3 is 5.97 Å². The number of aliphatic hydroxyl groups is 1. The Bertz CT molecular complexity index is 1050. The zero-order chi connectivity index (χ0) is 21.3. The van der Waals surface area contributed by atoms with Crippen LogP contribution in [0.15, 0.2) is 35.3 Å². The first-order valence-corrected chi connectivity index (χ1v) is 8.39. The summed E-state index contributed by atoms with van der Waals surface area (Å²) in [4.78, 5) is 48.6. The van der Waals surface area contributed by atoms with E-state index in [2.05, 4.69) is 5.32 Å². The zero-order valence-electron chi connectivity index (χ0n) is 14.8. The Morgan fingerprint density at radius 1 is 1.21 bits per heavy atom. The highest BCUT2D eigenvalue weighted by Gasteiger charge is 2.36. The van der Waals surface area contributed by atoms with Crippen LogP contribution in [0.3, 0.4) is 0 Å². The molecule has 11 heteroatoms. The van der Waals surface area contributed by atoms with Crippen LogP contribution in [-0.2, 0) is 17.9 Å². The highest BCUT2D eigenvalue weighted by molar-refractivity contribution is 6.00. The van der Waals surface area contributed by atoms with Crippen LogP contribution >= 0.6 is 0 Å². The number of hydrogen-bond acceptors (Lipinski definition) is 6. The van der Waals surface area contributed by atoms with E-state index in [0.29, 0.717) is 10.5 Å². The fraction of sp³-hybridized carbons (Fsp3) is 0.222. The number of halogens is 1. The van der Waals surface area contributed by atoms with Crippen LogP contribution in [0.4, 0.5) is 4.39 Å². The number of carbonyl (C=O) groups is 3. The second-order valence-electron chi connectivity index (χ2n) is 6.34. The minimum absolute atomic E-state index is 0.0188. The first kappa shape index (κ1) is 20.0. The Morgan fingerprint density at radius 3 is 2.48 bits per heavy atom. The molecule has 1 aliphatic heterocycles. The summed E-state index contributed by atoms with van der Waals surface area (Å²) in [5, 5.41) is 31.5. The highest BCUT2D eigenvalue weighted by atomic mass is 19.1. The van der Waals surface area contributed by atoms with Crippen molar-refractivity contribution in [2.75, 3.05) is 6.54 Å². The third-order valence-corrected chi connectivity index (χ3v) is 4.36. The molecule has 1 unspecified atom stereocenters. The van der Waals surface area contributed by atoms with Gasteiger partial charge in [-0.2, -0.15) is 0 Å². The molecule has 0 spiro atoms. The van der Waals surface area contributed by atoms with Gasteiger partial charge in [0.05, 0.1) is 6.54 Å². The number of nitrogens with one attached hydrogen (secondary N) is 1. The summed E-state index contributed by atoms with van der Waals surface area (Å²) in [6.45, 7) is -1.19. The fourth-order valence-corrected chi connectivity index (χ4v) is 2.93. The number of amides is 2. The molecule has 2 heterocycles. The molecule has 0 saturated carbocycles. The maximum absolute atomic E-state index is 12.9. The molecular weight excluding hydrogens is 389 g/mol. The predicted octanol–water partition coefficient (Wildman–Crippen LogP) is -0.518. The Morgan fingerprint density at radius 2 is 1.86 bits per heavy atom. The molecule has 0 saturated heterocycles. The van der Waals surface area contributed by atoms with Gasteiger partial charge < -0.3 is 25.2 Å². The van der Waals surface area contributed by atoms with Gasteiger partial charge in [0.25, 0.3) is 11.8 Å². The lowest BCUT2D eigenvalue weighted by atomic mass is 10.1. The smallest absolute Gasteiger partial charge is 0.323 e. The molecule has 10 nitrogen and oxygen atoms in total. The number of pyridine rings is 1. The van der Waals surface area contributed by atoms with Crippen molar-refractivity contribution < 1.29 is 34.1 Å². The van der Waals surface area contributed by atoms with E-state index in [9.17, 15) is 33.8 Å². The van der Waals surface area contributed by atoms with Gasteiger partial charge in [0, 0.05) is 12.7 Å². The lowest BCUT2D eigenvalue weighted by molar-refractivity contribution is -0.140. The largest absolute Gasteiger partial charge is 0.503 e. The summed E-state index contributed by atoms with van der Waals surface area (Å²) < 4.78 is 13.9. The molecule has 0 fully saturated rings. The number of nitrogens with zero attached hydrogens (tertiary/aromatic N) is 2. The molecule has 0 bridgehead atoms. The molecule has 1 atom stereocenters. The number of hydrogen-bond donors (Lipinski definition) is 4. The predicted molar refractivity (Wildman–Crippen MR) is 94.6 cm³/mol. The van der Waals surface area contributed by atoms with Crippen molar-refractivity contribution in [2.45, 2.75) is 19.3 Å². The van der Waals surface area contributed by atoms with Gasteiger partial charge in [-0.05, 0) is 17.7 Å². The topological polar surface area (TPSA) is 149 Å². The van der Waals surface area contributed by atoms with Crippen LogP contribution in [0.5, 0.6) is 5.75 Å². The Kier molecular flexibility index (Phi) is 5.33. The number of aromatic hydroxyl groups is 1. The van der Waals surface area contributed by atoms with E-state index in [1.54, 1.807) is 0 Å². The van der Waals surface area contributed by atoms with Gasteiger partial charge in [-0.3, -0.25) is 24.1 Å². The van der Waals surface area contributed by atoms with Crippen LogP contribution in [-0.4, -0.2) is 55.3 Å². The standard InChI is InChI=1S/C18H16FN3O7/c19-10-3-1-9(2-4-10)5-20-17(28)11-6-21-7-12(23)22(8-13(24)25)18(29)14(21)16(27)15(11)26/h1-4,6,12,23,27H,5,7-8H2,(H,20,28)(H,24,25). The lowest BCUT2D eigenvalue weighted by Gasteiger charge is -2.33. The summed E-state index contributed by atoms with van der Waals surface area (Å²) in [7, 11) is 0. The van der Waals surface area contributed by atoms with Crippen molar-refractivity contribution in [2.24, 2.45) is 0 Å². The molecule has 1 aliphatic rings. The molecule has 152 valence electrons. The van der Waals surface area contributed by atoms with Gasteiger partial charge in [-0.15, -0.1) is 0 Å². The minimum Gasteiger partial charge on any atom is -0.503 e. The average Bonchev–Trinajstić information content (AvgIpc) is 2.66. The van der Waals surface area contributed by atoms with Crippen molar-refractivity contribution in [3.8, 4) is 5.75 Å². The molecule has 0 radical (unpaired) electrons. The van der Waals surface area contributed by atoms with Gasteiger partial charge in [0.1, 0.15) is 24.2 Å². The van der Waals surface area contributed by atoms with E-state index >= 15 is 0 Å². The summed E-state index contributed by atoms with van der Waals surface area (Å²) in [5.74, 6) is -4.76. The lowest BCUT2D eigenvalue weighted by Crippen LogP contribution is -2.51. The maximum atomic E-state index is 12.9. The van der Waals surface area contributed by atoms with Crippen LogP contribution in [0, 0.1) is 5.82 Å². The number of aromatic nitrogens is 1. The first-order valence-electron chi connectivity index (χ1n) is 8.39. The van der Waals surface area contributed by atoms with Crippen LogP contribution in [0.25, 0.3) is 0 Å². The van der Waals surface area contributed by atoms with Crippen molar-refractivity contribution >= 4 is 17.8 Å². The molecule has 0 aliphatic carbocycles. The van der Waals surface area contributed by atoms with Gasteiger partial charge in [0.2, 0.25) is 5.43 Å². The monoisotopic (exact) mass is 405 g/mol. The number of aliphatic carboxylic acids is 1.